The minimum Gasteiger partial charge on any atom is -0.492 e. The molecular formula is C16H25BrN2O2. The monoisotopic (exact) mass is 356 g/mol. The average molecular weight is 357 g/mol. The van der Waals surface area contributed by atoms with Gasteiger partial charge in [0.05, 0.1) is 6.54 Å². The number of rotatable bonds is 7. The van der Waals surface area contributed by atoms with E-state index in [9.17, 15) is 4.79 Å². The van der Waals surface area contributed by atoms with E-state index in [1.807, 2.05) is 52.0 Å². The molecule has 0 bridgehead atoms. The molecule has 0 aromatic heterocycles. The summed E-state index contributed by atoms with van der Waals surface area (Å²) < 4.78 is 6.71. The van der Waals surface area contributed by atoms with Crippen molar-refractivity contribution in [1.29, 1.82) is 0 Å². The van der Waals surface area contributed by atoms with Gasteiger partial charge in [0.15, 0.2) is 0 Å². The Morgan fingerprint density at radius 2 is 1.90 bits per heavy atom. The molecule has 0 aliphatic rings. The van der Waals surface area contributed by atoms with Gasteiger partial charge in [-0.15, -0.1) is 0 Å². The van der Waals surface area contributed by atoms with Crippen LogP contribution in [0.25, 0.3) is 0 Å². The Balaban J connectivity index is 2.34. The molecule has 0 aliphatic heterocycles. The predicted octanol–water partition coefficient (Wildman–Crippen LogP) is 3.06. The maximum Gasteiger partial charge on any atom is 0.234 e. The van der Waals surface area contributed by atoms with Crippen molar-refractivity contribution in [2.45, 2.75) is 33.2 Å². The van der Waals surface area contributed by atoms with Crippen LogP contribution in [0.4, 0.5) is 0 Å². The molecule has 0 saturated heterocycles. The number of carbonyl (C=O) groups is 1. The molecule has 0 unspecified atom stereocenters. The molecule has 1 N–H and O–H groups in total. The van der Waals surface area contributed by atoms with E-state index in [4.69, 9.17) is 4.74 Å². The lowest BCUT2D eigenvalue weighted by Gasteiger charge is -2.24. The second-order valence-electron chi connectivity index (χ2n) is 5.97. The third-order valence-electron chi connectivity index (χ3n) is 2.82. The third-order valence-corrected chi connectivity index (χ3v) is 3.35. The minimum absolute atomic E-state index is 0.0491. The van der Waals surface area contributed by atoms with Crippen molar-refractivity contribution >= 4 is 21.8 Å². The molecule has 5 heteroatoms. The molecule has 0 aliphatic carbocycles. The van der Waals surface area contributed by atoms with Crippen LogP contribution >= 0.6 is 15.9 Å². The van der Waals surface area contributed by atoms with Crippen molar-refractivity contribution in [3.63, 3.8) is 0 Å². The van der Waals surface area contributed by atoms with Crippen molar-refractivity contribution < 1.29 is 9.53 Å². The quantitative estimate of drug-likeness (QED) is 0.816. The summed E-state index contributed by atoms with van der Waals surface area (Å²) in [6.45, 7) is 10.5. The largest absolute Gasteiger partial charge is 0.492 e. The lowest BCUT2D eigenvalue weighted by molar-refractivity contribution is -0.123. The van der Waals surface area contributed by atoms with Crippen LogP contribution in [0.15, 0.2) is 28.7 Å². The highest BCUT2D eigenvalue weighted by Crippen LogP contribution is 2.15. The van der Waals surface area contributed by atoms with E-state index < -0.39 is 0 Å². The fourth-order valence-corrected chi connectivity index (χ4v) is 2.10. The molecule has 4 nitrogen and oxygen atoms in total. The Morgan fingerprint density at radius 3 is 2.43 bits per heavy atom. The maximum atomic E-state index is 11.9. The van der Waals surface area contributed by atoms with E-state index >= 15 is 0 Å². The van der Waals surface area contributed by atoms with Crippen LogP contribution in [-0.4, -0.2) is 42.6 Å². The average Bonchev–Trinajstić information content (AvgIpc) is 2.37. The van der Waals surface area contributed by atoms with Gasteiger partial charge in [0, 0.05) is 16.6 Å². The van der Waals surface area contributed by atoms with Gasteiger partial charge in [-0.1, -0.05) is 22.9 Å². The fourth-order valence-electron chi connectivity index (χ4n) is 1.83. The molecule has 118 valence electrons. The van der Waals surface area contributed by atoms with Gasteiger partial charge in [0.1, 0.15) is 12.4 Å². The van der Waals surface area contributed by atoms with Gasteiger partial charge in [0.2, 0.25) is 5.91 Å². The highest BCUT2D eigenvalue weighted by molar-refractivity contribution is 9.10. The molecule has 21 heavy (non-hydrogen) atoms. The molecule has 0 saturated carbocycles. The summed E-state index contributed by atoms with van der Waals surface area (Å²) in [5.74, 6) is 0.890. The van der Waals surface area contributed by atoms with Gasteiger partial charge in [-0.2, -0.15) is 0 Å². The summed E-state index contributed by atoms with van der Waals surface area (Å²) in [4.78, 5) is 14.0. The predicted molar refractivity (Wildman–Crippen MR) is 89.6 cm³/mol. The normalized spacial score (nSPS) is 11.5. The Bertz CT molecular complexity index is 441. The van der Waals surface area contributed by atoms with Crippen LogP contribution in [0.2, 0.25) is 0 Å². The molecule has 1 rings (SSSR count). The number of amides is 1. The van der Waals surface area contributed by atoms with E-state index in [0.717, 1.165) is 23.3 Å². The standard InChI is InChI=1S/C16H25BrN2O2/c1-5-19(12-15(20)18-16(2,3)4)10-11-21-14-8-6-13(17)7-9-14/h6-9H,5,10-12H2,1-4H3,(H,18,20). The summed E-state index contributed by atoms with van der Waals surface area (Å²) in [6, 6.07) is 7.74. The molecule has 0 fully saturated rings. The van der Waals surface area contributed by atoms with Crippen molar-refractivity contribution in [2.75, 3.05) is 26.2 Å². The number of hydrogen-bond donors (Lipinski definition) is 1. The smallest absolute Gasteiger partial charge is 0.234 e. The van der Waals surface area contributed by atoms with Crippen molar-refractivity contribution in [2.24, 2.45) is 0 Å². The van der Waals surface area contributed by atoms with E-state index in [0.29, 0.717) is 13.2 Å². The zero-order chi connectivity index (χ0) is 15.9. The van der Waals surface area contributed by atoms with Crippen LogP contribution in [0, 0.1) is 0 Å². The molecule has 1 aromatic carbocycles. The first-order valence-corrected chi connectivity index (χ1v) is 8.01. The SMILES string of the molecule is CCN(CCOc1ccc(Br)cc1)CC(=O)NC(C)(C)C. The van der Waals surface area contributed by atoms with Gasteiger partial charge in [0.25, 0.3) is 0 Å². The van der Waals surface area contributed by atoms with Crippen molar-refractivity contribution in [3.05, 3.63) is 28.7 Å². The first-order valence-electron chi connectivity index (χ1n) is 7.22. The molecular weight excluding hydrogens is 332 g/mol. The van der Waals surface area contributed by atoms with Crippen LogP contribution in [0.1, 0.15) is 27.7 Å². The van der Waals surface area contributed by atoms with Crippen LogP contribution in [0.3, 0.4) is 0 Å². The zero-order valence-electron chi connectivity index (χ0n) is 13.3. The number of ether oxygens (including phenoxy) is 1. The van der Waals surface area contributed by atoms with Gasteiger partial charge >= 0.3 is 0 Å². The first-order chi connectivity index (χ1) is 9.80. The number of hydrogen-bond acceptors (Lipinski definition) is 3. The van der Waals surface area contributed by atoms with E-state index in [-0.39, 0.29) is 11.4 Å². The van der Waals surface area contributed by atoms with Crippen molar-refractivity contribution in [1.82, 2.24) is 10.2 Å². The molecule has 1 amide bonds. The Morgan fingerprint density at radius 1 is 1.29 bits per heavy atom. The van der Waals surface area contributed by atoms with Gasteiger partial charge in [-0.05, 0) is 51.6 Å². The minimum atomic E-state index is -0.190. The molecule has 0 radical (unpaired) electrons. The Labute approximate surface area is 136 Å². The Kier molecular flexibility index (Phi) is 7.18. The lowest BCUT2D eigenvalue weighted by Crippen LogP contribution is -2.46. The topological polar surface area (TPSA) is 41.6 Å². The number of benzene rings is 1. The van der Waals surface area contributed by atoms with Gasteiger partial charge in [-0.3, -0.25) is 9.69 Å². The van der Waals surface area contributed by atoms with Crippen molar-refractivity contribution in [3.8, 4) is 5.75 Å². The van der Waals surface area contributed by atoms with Crippen LogP contribution < -0.4 is 10.1 Å². The summed E-state index contributed by atoms with van der Waals surface area (Å²) in [5.41, 5.74) is -0.190. The maximum absolute atomic E-state index is 11.9. The van der Waals surface area contributed by atoms with E-state index in [1.54, 1.807) is 0 Å². The second kappa shape index (κ2) is 8.39. The number of carbonyl (C=O) groups excluding carboxylic acids is 1. The zero-order valence-corrected chi connectivity index (χ0v) is 14.9. The van der Waals surface area contributed by atoms with E-state index in [1.165, 1.54) is 0 Å². The number of nitrogens with one attached hydrogen (secondary N) is 1. The van der Waals surface area contributed by atoms with Gasteiger partial charge < -0.3 is 10.1 Å². The third kappa shape index (κ3) is 8.07. The van der Waals surface area contributed by atoms with Crippen LogP contribution in [-0.2, 0) is 4.79 Å². The van der Waals surface area contributed by atoms with Crippen LogP contribution in [0.5, 0.6) is 5.75 Å². The first kappa shape index (κ1) is 18.0. The van der Waals surface area contributed by atoms with E-state index in [2.05, 4.69) is 26.1 Å². The molecule has 0 spiro atoms. The summed E-state index contributed by atoms with van der Waals surface area (Å²) in [6.07, 6.45) is 0. The summed E-state index contributed by atoms with van der Waals surface area (Å²) in [5, 5.41) is 2.97. The number of nitrogens with zero attached hydrogens (tertiary/aromatic N) is 1. The summed E-state index contributed by atoms with van der Waals surface area (Å²) >= 11 is 3.39. The molecule has 1 aromatic rings. The molecule has 0 atom stereocenters. The number of likely N-dealkylation sites (N-methyl/N-ethyl adjacent to an activating group) is 1. The summed E-state index contributed by atoms with van der Waals surface area (Å²) in [7, 11) is 0. The Hall–Kier alpha value is -1.07. The second-order valence-corrected chi connectivity index (χ2v) is 6.89. The molecule has 0 heterocycles. The highest BCUT2D eigenvalue weighted by atomic mass is 79.9. The highest BCUT2D eigenvalue weighted by Gasteiger charge is 2.15. The number of halogens is 1. The lowest BCUT2D eigenvalue weighted by atomic mass is 10.1. The fraction of sp³-hybridized carbons (Fsp3) is 0.562. The van der Waals surface area contributed by atoms with Gasteiger partial charge in [-0.25, -0.2) is 0 Å².